The van der Waals surface area contributed by atoms with Crippen LogP contribution in [0.1, 0.15) is 23.9 Å². The Labute approximate surface area is 128 Å². The van der Waals surface area contributed by atoms with Crippen molar-refractivity contribution in [2.45, 2.75) is 32.9 Å². The summed E-state index contributed by atoms with van der Waals surface area (Å²) in [5, 5.41) is 14.2. The highest BCUT2D eigenvalue weighted by Gasteiger charge is 2.05. The van der Waals surface area contributed by atoms with Crippen molar-refractivity contribution in [1.29, 1.82) is 0 Å². The molecule has 2 rings (SSSR count). The van der Waals surface area contributed by atoms with Gasteiger partial charge in [-0.3, -0.25) is 0 Å². The van der Waals surface area contributed by atoms with Crippen LogP contribution in [0.5, 0.6) is 5.75 Å². The van der Waals surface area contributed by atoms with E-state index in [2.05, 4.69) is 29.4 Å². The summed E-state index contributed by atoms with van der Waals surface area (Å²) in [6.45, 7) is 5.60. The quantitative estimate of drug-likeness (QED) is 0.852. The molecule has 0 atom stereocenters. The van der Waals surface area contributed by atoms with Crippen LogP contribution in [0.3, 0.4) is 0 Å². The highest BCUT2D eigenvalue weighted by Crippen LogP contribution is 2.19. The van der Waals surface area contributed by atoms with Gasteiger partial charge in [0.05, 0.1) is 0 Å². The number of nitrogens with zero attached hydrogens (tertiary/aromatic N) is 2. The summed E-state index contributed by atoms with van der Waals surface area (Å²) >= 11 is 7.49. The average molecular weight is 312 g/mol. The van der Waals surface area contributed by atoms with Crippen molar-refractivity contribution >= 4 is 22.9 Å². The third-order valence-corrected chi connectivity index (χ3v) is 3.75. The molecule has 0 amide bonds. The SMILES string of the molecule is CC(C)NCCc1nnc(COc2cccc(Cl)c2)s1. The highest BCUT2D eigenvalue weighted by molar-refractivity contribution is 7.11. The van der Waals surface area contributed by atoms with Gasteiger partial charge in [0.2, 0.25) is 0 Å². The minimum atomic E-state index is 0.426. The zero-order valence-electron chi connectivity index (χ0n) is 11.6. The molecule has 1 N–H and O–H groups in total. The van der Waals surface area contributed by atoms with Crippen LogP contribution >= 0.6 is 22.9 Å². The van der Waals surface area contributed by atoms with E-state index in [0.717, 1.165) is 28.7 Å². The molecule has 0 saturated heterocycles. The number of benzene rings is 1. The second-order valence-corrected chi connectivity index (χ2v) is 6.28. The van der Waals surface area contributed by atoms with Gasteiger partial charge in [-0.25, -0.2) is 0 Å². The summed E-state index contributed by atoms with van der Waals surface area (Å²) in [4.78, 5) is 0. The maximum absolute atomic E-state index is 5.90. The van der Waals surface area contributed by atoms with Crippen LogP contribution in [-0.4, -0.2) is 22.8 Å². The van der Waals surface area contributed by atoms with Crippen molar-refractivity contribution in [3.05, 3.63) is 39.3 Å². The lowest BCUT2D eigenvalue weighted by molar-refractivity contribution is 0.304. The van der Waals surface area contributed by atoms with E-state index in [1.807, 2.05) is 18.2 Å². The van der Waals surface area contributed by atoms with Gasteiger partial charge in [-0.2, -0.15) is 0 Å². The van der Waals surface area contributed by atoms with Crippen LogP contribution in [0.25, 0.3) is 0 Å². The van der Waals surface area contributed by atoms with Gasteiger partial charge in [-0.1, -0.05) is 42.9 Å². The molecule has 2 aromatic rings. The van der Waals surface area contributed by atoms with Gasteiger partial charge in [0.1, 0.15) is 17.4 Å². The number of ether oxygens (including phenoxy) is 1. The second kappa shape index (κ2) is 7.57. The third-order valence-electron chi connectivity index (χ3n) is 2.56. The molecule has 0 aliphatic rings. The predicted octanol–water partition coefficient (Wildman–Crippen LogP) is 3.31. The Morgan fingerprint density at radius 3 is 2.85 bits per heavy atom. The fourth-order valence-electron chi connectivity index (χ4n) is 1.62. The summed E-state index contributed by atoms with van der Waals surface area (Å²) in [5.74, 6) is 0.746. The molecule has 4 nitrogen and oxygen atoms in total. The zero-order valence-corrected chi connectivity index (χ0v) is 13.2. The van der Waals surface area contributed by atoms with Gasteiger partial charge < -0.3 is 10.1 Å². The fraction of sp³-hybridized carbons (Fsp3) is 0.429. The van der Waals surface area contributed by atoms with E-state index >= 15 is 0 Å². The molecule has 6 heteroatoms. The summed E-state index contributed by atoms with van der Waals surface area (Å²) in [6, 6.07) is 7.84. The van der Waals surface area contributed by atoms with Crippen molar-refractivity contribution in [2.75, 3.05) is 6.54 Å². The molecular weight excluding hydrogens is 294 g/mol. The van der Waals surface area contributed by atoms with Crippen molar-refractivity contribution < 1.29 is 4.74 Å². The predicted molar refractivity (Wildman–Crippen MR) is 82.5 cm³/mol. The Morgan fingerprint density at radius 1 is 1.30 bits per heavy atom. The van der Waals surface area contributed by atoms with Gasteiger partial charge in [-0.05, 0) is 18.2 Å². The molecule has 0 spiro atoms. The maximum Gasteiger partial charge on any atom is 0.155 e. The molecule has 20 heavy (non-hydrogen) atoms. The molecule has 0 aliphatic heterocycles. The lowest BCUT2D eigenvalue weighted by atomic mass is 10.3. The molecule has 0 aliphatic carbocycles. The Morgan fingerprint density at radius 2 is 2.10 bits per heavy atom. The molecular formula is C14H18ClN3OS. The summed E-state index contributed by atoms with van der Waals surface area (Å²) in [5.41, 5.74) is 0. The van der Waals surface area contributed by atoms with Crippen molar-refractivity contribution in [1.82, 2.24) is 15.5 Å². The molecule has 0 bridgehead atoms. The van der Waals surface area contributed by atoms with Gasteiger partial charge in [0, 0.05) is 24.0 Å². The van der Waals surface area contributed by atoms with Crippen LogP contribution in [0.4, 0.5) is 0 Å². The summed E-state index contributed by atoms with van der Waals surface area (Å²) < 4.78 is 5.64. The first-order valence-corrected chi connectivity index (χ1v) is 7.76. The van der Waals surface area contributed by atoms with E-state index in [4.69, 9.17) is 16.3 Å². The van der Waals surface area contributed by atoms with E-state index in [1.54, 1.807) is 17.4 Å². The first-order chi connectivity index (χ1) is 9.63. The Kier molecular flexibility index (Phi) is 5.76. The molecule has 1 heterocycles. The van der Waals surface area contributed by atoms with E-state index in [9.17, 15) is 0 Å². The van der Waals surface area contributed by atoms with Gasteiger partial charge >= 0.3 is 0 Å². The van der Waals surface area contributed by atoms with Crippen LogP contribution in [0.15, 0.2) is 24.3 Å². The number of hydrogen-bond donors (Lipinski definition) is 1. The van der Waals surface area contributed by atoms with E-state index < -0.39 is 0 Å². The number of hydrogen-bond acceptors (Lipinski definition) is 5. The molecule has 1 aromatic heterocycles. The molecule has 0 saturated carbocycles. The van der Waals surface area contributed by atoms with E-state index in [0.29, 0.717) is 17.7 Å². The second-order valence-electron chi connectivity index (χ2n) is 4.69. The maximum atomic E-state index is 5.90. The van der Waals surface area contributed by atoms with Crippen LogP contribution < -0.4 is 10.1 Å². The van der Waals surface area contributed by atoms with Crippen LogP contribution in [0, 0.1) is 0 Å². The van der Waals surface area contributed by atoms with Crippen molar-refractivity contribution in [3.8, 4) is 5.75 Å². The minimum Gasteiger partial charge on any atom is -0.486 e. The van der Waals surface area contributed by atoms with Crippen LogP contribution in [-0.2, 0) is 13.0 Å². The summed E-state index contributed by atoms with van der Waals surface area (Å²) in [6.07, 6.45) is 0.896. The zero-order chi connectivity index (χ0) is 14.4. The first kappa shape index (κ1) is 15.2. The number of aromatic nitrogens is 2. The largest absolute Gasteiger partial charge is 0.486 e. The topological polar surface area (TPSA) is 47.0 Å². The smallest absolute Gasteiger partial charge is 0.155 e. The Hall–Kier alpha value is -1.17. The lowest BCUT2D eigenvalue weighted by Crippen LogP contribution is -2.24. The highest BCUT2D eigenvalue weighted by atomic mass is 35.5. The third kappa shape index (κ3) is 5.07. The van der Waals surface area contributed by atoms with Crippen molar-refractivity contribution in [2.24, 2.45) is 0 Å². The number of nitrogens with one attached hydrogen (secondary N) is 1. The Balaban J connectivity index is 1.80. The lowest BCUT2D eigenvalue weighted by Gasteiger charge is -2.05. The molecule has 0 fully saturated rings. The molecule has 0 unspecified atom stereocenters. The first-order valence-electron chi connectivity index (χ1n) is 6.56. The van der Waals surface area contributed by atoms with Crippen LogP contribution in [0.2, 0.25) is 5.02 Å². The number of halogens is 1. The number of rotatable bonds is 7. The fourth-order valence-corrected chi connectivity index (χ4v) is 2.55. The standard InChI is InChI=1S/C14H18ClN3OS/c1-10(2)16-7-6-13-17-18-14(20-13)9-19-12-5-3-4-11(15)8-12/h3-5,8,10,16H,6-7,9H2,1-2H3. The Bertz CT molecular complexity index is 545. The summed E-state index contributed by atoms with van der Waals surface area (Å²) in [7, 11) is 0. The van der Waals surface area contributed by atoms with Crippen molar-refractivity contribution in [3.63, 3.8) is 0 Å². The van der Waals surface area contributed by atoms with Gasteiger partial charge in [0.25, 0.3) is 0 Å². The monoisotopic (exact) mass is 311 g/mol. The van der Waals surface area contributed by atoms with E-state index in [1.165, 1.54) is 0 Å². The minimum absolute atomic E-state index is 0.426. The molecule has 108 valence electrons. The van der Waals surface area contributed by atoms with Gasteiger partial charge in [-0.15, -0.1) is 10.2 Å². The normalized spacial score (nSPS) is 11.0. The van der Waals surface area contributed by atoms with Gasteiger partial charge in [0.15, 0.2) is 5.01 Å². The van der Waals surface area contributed by atoms with E-state index in [-0.39, 0.29) is 0 Å². The average Bonchev–Trinajstić information content (AvgIpc) is 2.84. The molecule has 0 radical (unpaired) electrons. The molecule has 1 aromatic carbocycles.